The molecule has 2 aromatic heterocycles. The molecule has 14 heavy (non-hydrogen) atoms. The first-order valence-corrected chi connectivity index (χ1v) is 5.47. The number of aryl methyl sites for hydroxylation is 1. The summed E-state index contributed by atoms with van der Waals surface area (Å²) in [5.41, 5.74) is 3.56. The van der Waals surface area contributed by atoms with Gasteiger partial charge in [-0.2, -0.15) is 0 Å². The molecule has 1 nitrogen and oxygen atoms in total. The van der Waals surface area contributed by atoms with E-state index in [1.54, 1.807) is 11.3 Å². The van der Waals surface area contributed by atoms with Crippen LogP contribution in [-0.4, -0.2) is 4.98 Å². The van der Waals surface area contributed by atoms with Crippen LogP contribution < -0.4 is 0 Å². The summed E-state index contributed by atoms with van der Waals surface area (Å²) in [6.07, 6.45) is 0. The first kappa shape index (κ1) is 7.94. The van der Waals surface area contributed by atoms with E-state index in [0.717, 1.165) is 11.0 Å². The van der Waals surface area contributed by atoms with Crippen molar-refractivity contribution in [3.05, 3.63) is 41.3 Å². The van der Waals surface area contributed by atoms with E-state index in [0.29, 0.717) is 0 Å². The maximum Gasteiger partial charge on any atom is 0.0820 e. The Balaban J connectivity index is 2.63. The van der Waals surface area contributed by atoms with Crippen LogP contribution in [0, 0.1) is 6.92 Å². The van der Waals surface area contributed by atoms with Gasteiger partial charge >= 0.3 is 0 Å². The monoisotopic (exact) mass is 199 g/mol. The van der Waals surface area contributed by atoms with E-state index < -0.39 is 0 Å². The smallest absolute Gasteiger partial charge is 0.0820 e. The Morgan fingerprint density at radius 2 is 1.93 bits per heavy atom. The molecular weight excluding hydrogens is 190 g/mol. The number of aromatic nitrogens is 1. The van der Waals surface area contributed by atoms with Crippen molar-refractivity contribution in [2.75, 3.05) is 0 Å². The van der Waals surface area contributed by atoms with Crippen molar-refractivity contribution < 1.29 is 0 Å². The first-order valence-electron chi connectivity index (χ1n) is 4.59. The Bertz CT molecular complexity index is 610. The summed E-state index contributed by atoms with van der Waals surface area (Å²) in [6, 6.07) is 10.4. The van der Waals surface area contributed by atoms with Gasteiger partial charge in [-0.25, -0.2) is 4.98 Å². The number of fused-ring (bicyclic) bond motifs is 2. The van der Waals surface area contributed by atoms with Crippen LogP contribution in [0.3, 0.4) is 0 Å². The van der Waals surface area contributed by atoms with Crippen molar-refractivity contribution in [2.45, 2.75) is 6.92 Å². The van der Waals surface area contributed by atoms with Crippen LogP contribution in [-0.2, 0) is 0 Å². The third kappa shape index (κ3) is 0.976. The lowest BCUT2D eigenvalue weighted by Crippen LogP contribution is -1.82. The van der Waals surface area contributed by atoms with E-state index in [1.807, 2.05) is 6.07 Å². The highest BCUT2D eigenvalue weighted by atomic mass is 32.1. The third-order valence-electron chi connectivity index (χ3n) is 2.53. The minimum Gasteiger partial charge on any atom is -0.247 e. The number of benzene rings is 1. The van der Waals surface area contributed by atoms with Crippen molar-refractivity contribution in [2.24, 2.45) is 0 Å². The van der Waals surface area contributed by atoms with Gasteiger partial charge in [0.15, 0.2) is 0 Å². The minimum atomic E-state index is 1.09. The molecule has 0 bridgehead atoms. The van der Waals surface area contributed by atoms with Gasteiger partial charge in [-0.05, 0) is 30.0 Å². The van der Waals surface area contributed by atoms with Crippen LogP contribution in [0.2, 0.25) is 0 Å². The van der Waals surface area contributed by atoms with E-state index in [4.69, 9.17) is 0 Å². The van der Waals surface area contributed by atoms with E-state index in [-0.39, 0.29) is 0 Å². The van der Waals surface area contributed by atoms with E-state index >= 15 is 0 Å². The van der Waals surface area contributed by atoms with Crippen molar-refractivity contribution in [3.63, 3.8) is 0 Å². The molecule has 0 atom stereocenters. The second kappa shape index (κ2) is 2.79. The number of nitrogens with zero attached hydrogens (tertiary/aromatic N) is 1. The first-order chi connectivity index (χ1) is 6.86. The molecule has 2 heteroatoms. The van der Waals surface area contributed by atoms with E-state index in [1.165, 1.54) is 15.6 Å². The molecule has 0 saturated carbocycles. The molecule has 1 aromatic carbocycles. The van der Waals surface area contributed by atoms with Gasteiger partial charge in [-0.3, -0.25) is 0 Å². The van der Waals surface area contributed by atoms with Gasteiger partial charge in [-0.1, -0.05) is 18.2 Å². The molecule has 68 valence electrons. The fraction of sp³-hybridized carbons (Fsp3) is 0.0833. The van der Waals surface area contributed by atoms with Gasteiger partial charge < -0.3 is 0 Å². The molecule has 0 amide bonds. The molecular formula is C12H9NS. The molecule has 0 saturated heterocycles. The molecule has 3 aromatic rings. The molecule has 0 aliphatic heterocycles. The molecule has 0 unspecified atom stereocenters. The molecule has 0 aliphatic carbocycles. The van der Waals surface area contributed by atoms with Gasteiger partial charge in [0.25, 0.3) is 0 Å². The van der Waals surface area contributed by atoms with Crippen LogP contribution in [0.25, 0.3) is 21.1 Å². The lowest BCUT2D eigenvalue weighted by atomic mass is 10.1. The Hall–Kier alpha value is -1.41. The van der Waals surface area contributed by atoms with Gasteiger partial charge in [-0.15, -0.1) is 11.3 Å². The predicted octanol–water partition coefficient (Wildman–Crippen LogP) is 3.76. The van der Waals surface area contributed by atoms with Gasteiger partial charge in [0, 0.05) is 5.39 Å². The second-order valence-electron chi connectivity index (χ2n) is 3.39. The number of para-hydroxylation sites is 1. The molecule has 0 N–H and O–H groups in total. The highest BCUT2D eigenvalue weighted by Crippen LogP contribution is 2.28. The fourth-order valence-corrected chi connectivity index (χ4v) is 2.67. The van der Waals surface area contributed by atoms with Crippen LogP contribution >= 0.6 is 11.3 Å². The summed E-state index contributed by atoms with van der Waals surface area (Å²) in [7, 11) is 0. The topological polar surface area (TPSA) is 12.9 Å². The Kier molecular flexibility index (Phi) is 1.58. The lowest BCUT2D eigenvalue weighted by molar-refractivity contribution is 1.48. The van der Waals surface area contributed by atoms with Crippen molar-refractivity contribution >= 4 is 32.5 Å². The van der Waals surface area contributed by atoms with Crippen LogP contribution in [0.1, 0.15) is 5.56 Å². The summed E-state index contributed by atoms with van der Waals surface area (Å²) < 4.78 is 1.31. The number of thiophene rings is 1. The summed E-state index contributed by atoms with van der Waals surface area (Å²) in [6.45, 7) is 2.17. The Morgan fingerprint density at radius 1 is 1.07 bits per heavy atom. The summed E-state index contributed by atoms with van der Waals surface area (Å²) in [5.74, 6) is 0. The minimum absolute atomic E-state index is 1.09. The Labute approximate surface area is 86.0 Å². The number of rotatable bonds is 0. The highest BCUT2D eigenvalue weighted by Gasteiger charge is 2.04. The molecule has 2 heterocycles. The summed E-state index contributed by atoms with van der Waals surface area (Å²) in [4.78, 5) is 4.61. The molecule has 0 aliphatic rings. The second-order valence-corrected chi connectivity index (χ2v) is 4.31. The van der Waals surface area contributed by atoms with Crippen LogP contribution in [0.15, 0.2) is 35.7 Å². The third-order valence-corrected chi connectivity index (χ3v) is 3.56. The number of hydrogen-bond donors (Lipinski definition) is 0. The normalized spacial score (nSPS) is 11.2. The number of pyridine rings is 1. The van der Waals surface area contributed by atoms with E-state index in [9.17, 15) is 0 Å². The summed E-state index contributed by atoms with van der Waals surface area (Å²) in [5, 5.41) is 3.37. The quantitative estimate of drug-likeness (QED) is 0.537. The maximum atomic E-state index is 4.61. The van der Waals surface area contributed by atoms with Crippen LogP contribution in [0.4, 0.5) is 0 Å². The zero-order valence-corrected chi connectivity index (χ0v) is 8.64. The van der Waals surface area contributed by atoms with Gasteiger partial charge in [0.1, 0.15) is 0 Å². The molecule has 0 radical (unpaired) electrons. The molecule has 0 spiro atoms. The largest absolute Gasteiger partial charge is 0.247 e. The standard InChI is InChI=1S/C12H9NS/c1-8-9-4-2-3-5-10(9)13-11-6-7-14-12(8)11/h2-7H,1H3. The Morgan fingerprint density at radius 3 is 2.86 bits per heavy atom. The summed E-state index contributed by atoms with van der Waals surface area (Å²) >= 11 is 1.77. The van der Waals surface area contributed by atoms with Crippen LogP contribution in [0.5, 0.6) is 0 Å². The van der Waals surface area contributed by atoms with E-state index in [2.05, 4.69) is 41.6 Å². The van der Waals surface area contributed by atoms with Gasteiger partial charge in [0.2, 0.25) is 0 Å². The zero-order valence-electron chi connectivity index (χ0n) is 7.82. The van der Waals surface area contributed by atoms with Gasteiger partial charge in [0.05, 0.1) is 15.7 Å². The zero-order chi connectivity index (χ0) is 9.54. The van der Waals surface area contributed by atoms with Crippen molar-refractivity contribution in [1.29, 1.82) is 0 Å². The SMILES string of the molecule is Cc1c2ccccc2nc2ccsc12. The molecule has 3 rings (SSSR count). The van der Waals surface area contributed by atoms with Crippen molar-refractivity contribution in [1.82, 2.24) is 4.98 Å². The lowest BCUT2D eigenvalue weighted by Gasteiger charge is -2.01. The van der Waals surface area contributed by atoms with Crippen molar-refractivity contribution in [3.8, 4) is 0 Å². The number of hydrogen-bond acceptors (Lipinski definition) is 2. The fourth-order valence-electron chi connectivity index (χ4n) is 1.81. The molecule has 0 fully saturated rings. The maximum absolute atomic E-state index is 4.61. The highest BCUT2D eigenvalue weighted by molar-refractivity contribution is 7.17. The predicted molar refractivity (Wildman–Crippen MR) is 61.9 cm³/mol. The average molecular weight is 199 g/mol. The average Bonchev–Trinajstić information content (AvgIpc) is 2.66.